The fraction of sp³-hybridized carbons (Fsp3) is 0.308. The van der Waals surface area contributed by atoms with Gasteiger partial charge in [-0.15, -0.1) is 0 Å². The molecule has 1 aliphatic carbocycles. The standard InChI is InChI=1S/C13H14IN3/c1-9-8-15-17(12-6-7-12)13(9)10-2-4-11(16-14)5-3-10/h2-5,8,12,16H,6-7H2,1H3. The van der Waals surface area contributed by atoms with E-state index in [2.05, 4.69) is 67.4 Å². The Labute approximate surface area is 115 Å². The lowest BCUT2D eigenvalue weighted by atomic mass is 10.1. The second-order valence-corrected chi connectivity index (χ2v) is 5.06. The molecule has 2 aromatic rings. The smallest absolute Gasteiger partial charge is 0.0714 e. The molecule has 3 nitrogen and oxygen atoms in total. The molecule has 3 rings (SSSR count). The van der Waals surface area contributed by atoms with Crippen LogP contribution >= 0.6 is 22.9 Å². The highest BCUT2D eigenvalue weighted by molar-refractivity contribution is 14.1. The molecule has 4 heteroatoms. The maximum absolute atomic E-state index is 4.50. The number of nitrogens with zero attached hydrogens (tertiary/aromatic N) is 2. The van der Waals surface area contributed by atoms with Gasteiger partial charge in [-0.1, -0.05) is 12.1 Å². The molecule has 1 aromatic carbocycles. The molecular formula is C13H14IN3. The van der Waals surface area contributed by atoms with Gasteiger partial charge < -0.3 is 3.53 Å². The Kier molecular flexibility index (Phi) is 2.82. The molecule has 0 amide bonds. The average Bonchev–Trinajstić information content (AvgIpc) is 3.13. The molecule has 1 saturated carbocycles. The number of anilines is 1. The zero-order valence-electron chi connectivity index (χ0n) is 9.65. The van der Waals surface area contributed by atoms with E-state index in [9.17, 15) is 0 Å². The summed E-state index contributed by atoms with van der Waals surface area (Å²) in [6.45, 7) is 2.13. The summed E-state index contributed by atoms with van der Waals surface area (Å²) >= 11 is 2.14. The summed E-state index contributed by atoms with van der Waals surface area (Å²) < 4.78 is 5.29. The normalized spacial score (nSPS) is 14.9. The largest absolute Gasteiger partial charge is 0.328 e. The van der Waals surface area contributed by atoms with E-state index in [1.54, 1.807) is 0 Å². The monoisotopic (exact) mass is 339 g/mol. The van der Waals surface area contributed by atoms with E-state index in [0.717, 1.165) is 5.69 Å². The van der Waals surface area contributed by atoms with Crippen LogP contribution in [0.4, 0.5) is 5.69 Å². The van der Waals surface area contributed by atoms with Crippen molar-refractivity contribution < 1.29 is 0 Å². The van der Waals surface area contributed by atoms with E-state index in [4.69, 9.17) is 0 Å². The van der Waals surface area contributed by atoms with Crippen molar-refractivity contribution >= 4 is 28.6 Å². The van der Waals surface area contributed by atoms with Gasteiger partial charge in [0.05, 0.1) is 40.8 Å². The number of aryl methyl sites for hydroxylation is 1. The summed E-state index contributed by atoms with van der Waals surface area (Å²) in [5.74, 6) is 0. The summed E-state index contributed by atoms with van der Waals surface area (Å²) in [7, 11) is 0. The first kappa shape index (κ1) is 11.1. The van der Waals surface area contributed by atoms with Gasteiger partial charge in [0.15, 0.2) is 0 Å². The van der Waals surface area contributed by atoms with E-state index in [-0.39, 0.29) is 0 Å². The van der Waals surface area contributed by atoms with Gasteiger partial charge in [0.2, 0.25) is 0 Å². The van der Waals surface area contributed by atoms with Crippen LogP contribution in [0.5, 0.6) is 0 Å². The van der Waals surface area contributed by atoms with Crippen LogP contribution in [-0.2, 0) is 0 Å². The third kappa shape index (κ3) is 2.06. The number of aromatic nitrogens is 2. The summed E-state index contributed by atoms with van der Waals surface area (Å²) in [4.78, 5) is 0. The molecule has 0 aliphatic heterocycles. The van der Waals surface area contributed by atoms with Gasteiger partial charge in [-0.3, -0.25) is 4.68 Å². The Bertz CT molecular complexity index is 526. The van der Waals surface area contributed by atoms with Crippen LogP contribution in [-0.4, -0.2) is 9.78 Å². The molecular weight excluding hydrogens is 325 g/mol. The molecule has 0 saturated heterocycles. The average molecular weight is 339 g/mol. The molecule has 88 valence electrons. The van der Waals surface area contributed by atoms with Crippen molar-refractivity contribution in [3.63, 3.8) is 0 Å². The number of benzene rings is 1. The minimum absolute atomic E-state index is 0.626. The highest BCUT2D eigenvalue weighted by atomic mass is 127. The molecule has 1 N–H and O–H groups in total. The van der Waals surface area contributed by atoms with Crippen molar-refractivity contribution in [3.8, 4) is 11.3 Å². The first-order valence-electron chi connectivity index (χ1n) is 5.81. The zero-order valence-corrected chi connectivity index (χ0v) is 11.8. The number of halogens is 1. The minimum atomic E-state index is 0.626. The van der Waals surface area contributed by atoms with Crippen molar-refractivity contribution in [1.29, 1.82) is 0 Å². The number of nitrogens with one attached hydrogen (secondary N) is 1. The first-order chi connectivity index (χ1) is 8.29. The number of hydrogen-bond donors (Lipinski definition) is 1. The van der Waals surface area contributed by atoms with Gasteiger partial charge in [0.25, 0.3) is 0 Å². The highest BCUT2D eigenvalue weighted by Crippen LogP contribution is 2.39. The van der Waals surface area contributed by atoms with Crippen LogP contribution in [0.15, 0.2) is 30.5 Å². The van der Waals surface area contributed by atoms with Crippen molar-refractivity contribution in [2.24, 2.45) is 0 Å². The van der Waals surface area contributed by atoms with Gasteiger partial charge in [-0.05, 0) is 37.5 Å². The predicted molar refractivity (Wildman–Crippen MR) is 78.3 cm³/mol. The van der Waals surface area contributed by atoms with Gasteiger partial charge in [-0.25, -0.2) is 0 Å². The second-order valence-electron chi connectivity index (χ2n) is 4.52. The van der Waals surface area contributed by atoms with Gasteiger partial charge in [0, 0.05) is 11.3 Å². The van der Waals surface area contributed by atoms with E-state index >= 15 is 0 Å². The van der Waals surface area contributed by atoms with Crippen molar-refractivity contribution in [2.75, 3.05) is 3.53 Å². The van der Waals surface area contributed by atoms with Crippen LogP contribution in [0.2, 0.25) is 0 Å². The molecule has 0 radical (unpaired) electrons. The number of hydrogen-bond acceptors (Lipinski definition) is 2. The molecule has 0 unspecified atom stereocenters. The molecule has 1 fully saturated rings. The molecule has 0 bridgehead atoms. The van der Waals surface area contributed by atoms with Crippen LogP contribution in [0.3, 0.4) is 0 Å². The fourth-order valence-electron chi connectivity index (χ4n) is 2.10. The lowest BCUT2D eigenvalue weighted by molar-refractivity contribution is 0.649. The van der Waals surface area contributed by atoms with Crippen LogP contribution < -0.4 is 3.53 Å². The summed E-state index contributed by atoms with van der Waals surface area (Å²) in [6, 6.07) is 9.14. The summed E-state index contributed by atoms with van der Waals surface area (Å²) in [6.07, 6.45) is 4.50. The molecule has 1 heterocycles. The molecule has 1 aromatic heterocycles. The lowest BCUT2D eigenvalue weighted by Gasteiger charge is -2.08. The molecule has 17 heavy (non-hydrogen) atoms. The minimum Gasteiger partial charge on any atom is -0.328 e. The maximum atomic E-state index is 4.50. The van der Waals surface area contributed by atoms with Crippen LogP contribution in [0.25, 0.3) is 11.3 Å². The van der Waals surface area contributed by atoms with Gasteiger partial charge >= 0.3 is 0 Å². The highest BCUT2D eigenvalue weighted by Gasteiger charge is 2.27. The SMILES string of the molecule is Cc1cnn(C2CC2)c1-c1ccc(NI)cc1. The van der Waals surface area contributed by atoms with Crippen molar-refractivity contribution in [3.05, 3.63) is 36.0 Å². The quantitative estimate of drug-likeness (QED) is 0.678. The Hall–Kier alpha value is -1.04. The van der Waals surface area contributed by atoms with E-state index in [1.807, 2.05) is 6.20 Å². The van der Waals surface area contributed by atoms with Gasteiger partial charge in [-0.2, -0.15) is 5.10 Å². The Morgan fingerprint density at radius 3 is 2.59 bits per heavy atom. The Morgan fingerprint density at radius 2 is 2.00 bits per heavy atom. The third-order valence-electron chi connectivity index (χ3n) is 3.14. The zero-order chi connectivity index (χ0) is 11.8. The number of rotatable bonds is 3. The molecule has 0 spiro atoms. The van der Waals surface area contributed by atoms with E-state index in [0.29, 0.717) is 6.04 Å². The maximum Gasteiger partial charge on any atom is 0.0714 e. The summed E-state index contributed by atoms with van der Waals surface area (Å²) in [5, 5.41) is 4.50. The third-order valence-corrected chi connectivity index (χ3v) is 3.76. The van der Waals surface area contributed by atoms with E-state index < -0.39 is 0 Å². The molecule has 0 atom stereocenters. The van der Waals surface area contributed by atoms with E-state index in [1.165, 1.54) is 29.7 Å². The Balaban J connectivity index is 2.04. The fourth-order valence-corrected chi connectivity index (χ4v) is 2.45. The molecule has 1 aliphatic rings. The van der Waals surface area contributed by atoms with Gasteiger partial charge in [0.1, 0.15) is 0 Å². The van der Waals surface area contributed by atoms with Crippen LogP contribution in [0, 0.1) is 6.92 Å². The Morgan fingerprint density at radius 1 is 1.29 bits per heavy atom. The summed E-state index contributed by atoms with van der Waals surface area (Å²) in [5.41, 5.74) is 4.91. The van der Waals surface area contributed by atoms with Crippen LogP contribution in [0.1, 0.15) is 24.4 Å². The van der Waals surface area contributed by atoms with Crippen molar-refractivity contribution in [1.82, 2.24) is 9.78 Å². The topological polar surface area (TPSA) is 29.9 Å². The predicted octanol–water partition coefficient (Wildman–Crippen LogP) is 3.96. The first-order valence-corrected chi connectivity index (χ1v) is 6.88. The second kappa shape index (κ2) is 4.33. The lowest BCUT2D eigenvalue weighted by Crippen LogP contribution is -1.99. The van der Waals surface area contributed by atoms with Crippen molar-refractivity contribution in [2.45, 2.75) is 25.8 Å².